The van der Waals surface area contributed by atoms with Crippen molar-refractivity contribution >= 4 is 5.78 Å². The molecule has 4 saturated carbocycles. The number of fused-ring (bicyclic) bond motifs is 5. The minimum absolute atomic E-state index is 0.127. The van der Waals surface area contributed by atoms with Crippen LogP contribution in [0, 0.1) is 40.4 Å². The molecule has 0 heterocycles. The number of aliphatic hydroxyl groups excluding tert-OH is 1. The standard InChI is InChI=1S/C23H36O3/c1-4-16-6-8-21-19-7-5-17-13-18(25)9-11-22(17,14-26-3)20(19)10-12-23(16,21)15(2)24/h4,16-21,25H,1,5-14H2,2-3H3/t16-,17-,18+,19+,20-,21-,22+,23-/m0/s1. The number of ketones is 1. The SMILES string of the molecule is C=C[C@H]1CC[C@H]2[C@@H]3CC[C@H]4C[C@H](O)CC[C@]4(COC)[C@H]3CC[C@]12C(C)=O. The van der Waals surface area contributed by atoms with Gasteiger partial charge in [-0.25, -0.2) is 0 Å². The highest BCUT2D eigenvalue weighted by Crippen LogP contribution is 2.68. The number of carbonyl (C=O) groups excluding carboxylic acids is 1. The van der Waals surface area contributed by atoms with E-state index in [9.17, 15) is 9.90 Å². The second kappa shape index (κ2) is 6.74. The maximum atomic E-state index is 12.9. The van der Waals surface area contributed by atoms with Gasteiger partial charge in [0.25, 0.3) is 0 Å². The molecule has 0 aromatic carbocycles. The van der Waals surface area contributed by atoms with Crippen LogP contribution >= 0.6 is 0 Å². The molecule has 0 radical (unpaired) electrons. The van der Waals surface area contributed by atoms with Crippen LogP contribution in [0.25, 0.3) is 0 Å². The van der Waals surface area contributed by atoms with Gasteiger partial charge in [0.2, 0.25) is 0 Å². The van der Waals surface area contributed by atoms with Crippen LogP contribution in [0.15, 0.2) is 12.7 Å². The Balaban J connectivity index is 1.69. The van der Waals surface area contributed by atoms with E-state index in [1.807, 2.05) is 14.0 Å². The largest absolute Gasteiger partial charge is 0.393 e. The molecule has 4 fully saturated rings. The van der Waals surface area contributed by atoms with Crippen LogP contribution in [0.2, 0.25) is 0 Å². The zero-order valence-corrected chi connectivity index (χ0v) is 16.6. The molecule has 0 aliphatic heterocycles. The van der Waals surface area contributed by atoms with Gasteiger partial charge in [0.05, 0.1) is 12.7 Å². The highest BCUT2D eigenvalue weighted by molar-refractivity contribution is 5.84. The van der Waals surface area contributed by atoms with Gasteiger partial charge in [-0.05, 0) is 99.7 Å². The number of ether oxygens (including phenoxy) is 1. The number of methoxy groups -OCH3 is 1. The van der Waals surface area contributed by atoms with Gasteiger partial charge >= 0.3 is 0 Å². The van der Waals surface area contributed by atoms with Crippen LogP contribution in [-0.4, -0.2) is 30.7 Å². The second-order valence-corrected chi connectivity index (χ2v) is 9.80. The summed E-state index contributed by atoms with van der Waals surface area (Å²) in [5, 5.41) is 10.3. The van der Waals surface area contributed by atoms with Crippen LogP contribution in [-0.2, 0) is 9.53 Å². The van der Waals surface area contributed by atoms with Crippen molar-refractivity contribution in [3.63, 3.8) is 0 Å². The molecule has 4 aliphatic carbocycles. The first-order valence-electron chi connectivity index (χ1n) is 10.8. The predicted octanol–water partition coefficient (Wildman–Crippen LogP) is 4.39. The molecule has 0 bridgehead atoms. The van der Waals surface area contributed by atoms with E-state index in [1.165, 1.54) is 19.3 Å². The van der Waals surface area contributed by atoms with E-state index < -0.39 is 0 Å². The van der Waals surface area contributed by atoms with Crippen LogP contribution in [0.1, 0.15) is 64.7 Å². The number of aliphatic hydroxyl groups is 1. The fourth-order valence-corrected chi connectivity index (χ4v) is 8.32. The molecule has 26 heavy (non-hydrogen) atoms. The van der Waals surface area contributed by atoms with Crippen LogP contribution < -0.4 is 0 Å². The first-order chi connectivity index (χ1) is 12.5. The Labute approximate surface area is 158 Å². The zero-order chi connectivity index (χ0) is 18.5. The Hall–Kier alpha value is -0.670. The maximum Gasteiger partial charge on any atom is 0.136 e. The van der Waals surface area contributed by atoms with Gasteiger partial charge < -0.3 is 9.84 Å². The lowest BCUT2D eigenvalue weighted by atomic mass is 9.43. The van der Waals surface area contributed by atoms with Gasteiger partial charge in [0.1, 0.15) is 5.78 Å². The molecular formula is C23H36O3. The zero-order valence-electron chi connectivity index (χ0n) is 16.6. The Morgan fingerprint density at radius 1 is 1.15 bits per heavy atom. The van der Waals surface area contributed by atoms with E-state index in [4.69, 9.17) is 4.74 Å². The van der Waals surface area contributed by atoms with E-state index in [2.05, 4.69) is 12.7 Å². The summed E-state index contributed by atoms with van der Waals surface area (Å²) in [5.74, 6) is 3.21. The Bertz CT molecular complexity index is 572. The summed E-state index contributed by atoms with van der Waals surface area (Å²) in [4.78, 5) is 12.9. The van der Waals surface area contributed by atoms with Crippen LogP contribution in [0.4, 0.5) is 0 Å². The van der Waals surface area contributed by atoms with Crippen molar-refractivity contribution in [1.82, 2.24) is 0 Å². The van der Waals surface area contributed by atoms with Crippen molar-refractivity contribution in [1.29, 1.82) is 0 Å². The summed E-state index contributed by atoms with van der Waals surface area (Å²) < 4.78 is 5.79. The molecule has 146 valence electrons. The summed E-state index contributed by atoms with van der Waals surface area (Å²) >= 11 is 0. The van der Waals surface area contributed by atoms with Gasteiger partial charge in [-0.3, -0.25) is 4.79 Å². The van der Waals surface area contributed by atoms with E-state index in [0.29, 0.717) is 35.4 Å². The van der Waals surface area contributed by atoms with E-state index in [-0.39, 0.29) is 16.9 Å². The third-order valence-electron chi connectivity index (χ3n) is 9.27. The minimum Gasteiger partial charge on any atom is -0.393 e. The van der Waals surface area contributed by atoms with Gasteiger partial charge in [-0.1, -0.05) is 6.08 Å². The van der Waals surface area contributed by atoms with Crippen molar-refractivity contribution in [2.24, 2.45) is 40.4 Å². The number of rotatable bonds is 4. The molecule has 0 aromatic rings. The number of hydrogen-bond donors (Lipinski definition) is 1. The molecule has 0 spiro atoms. The number of allylic oxidation sites excluding steroid dienone is 1. The van der Waals surface area contributed by atoms with Crippen molar-refractivity contribution in [2.75, 3.05) is 13.7 Å². The average Bonchev–Trinajstić information content (AvgIpc) is 3.02. The highest BCUT2D eigenvalue weighted by Gasteiger charge is 2.63. The molecule has 4 aliphatic rings. The Morgan fingerprint density at radius 2 is 1.96 bits per heavy atom. The van der Waals surface area contributed by atoms with Crippen LogP contribution in [0.5, 0.6) is 0 Å². The maximum absolute atomic E-state index is 12.9. The van der Waals surface area contributed by atoms with Gasteiger partial charge in [0.15, 0.2) is 0 Å². The molecule has 0 unspecified atom stereocenters. The molecule has 8 atom stereocenters. The third-order valence-corrected chi connectivity index (χ3v) is 9.27. The van der Waals surface area contributed by atoms with Crippen molar-refractivity contribution in [3.8, 4) is 0 Å². The molecule has 0 aromatic heterocycles. The molecular weight excluding hydrogens is 324 g/mol. The summed E-state index contributed by atoms with van der Waals surface area (Å²) in [6.45, 7) is 6.75. The summed E-state index contributed by atoms with van der Waals surface area (Å²) in [6.07, 6.45) is 11.9. The molecule has 3 heteroatoms. The van der Waals surface area contributed by atoms with Crippen molar-refractivity contribution < 1.29 is 14.6 Å². The monoisotopic (exact) mass is 360 g/mol. The quantitative estimate of drug-likeness (QED) is 0.757. The third kappa shape index (κ3) is 2.42. The molecule has 0 saturated heterocycles. The van der Waals surface area contributed by atoms with E-state index in [0.717, 1.165) is 45.1 Å². The molecule has 3 nitrogen and oxygen atoms in total. The first kappa shape index (κ1) is 18.7. The number of carbonyl (C=O) groups is 1. The lowest BCUT2D eigenvalue weighted by molar-refractivity contribution is -0.166. The van der Waals surface area contributed by atoms with E-state index in [1.54, 1.807) is 0 Å². The lowest BCUT2D eigenvalue weighted by Gasteiger charge is -2.61. The highest BCUT2D eigenvalue weighted by atomic mass is 16.5. The fraction of sp³-hybridized carbons (Fsp3) is 0.870. The van der Waals surface area contributed by atoms with Gasteiger partial charge in [-0.2, -0.15) is 0 Å². The Kier molecular flexibility index (Phi) is 4.84. The Morgan fingerprint density at radius 3 is 2.65 bits per heavy atom. The smallest absolute Gasteiger partial charge is 0.136 e. The number of hydrogen-bond acceptors (Lipinski definition) is 3. The van der Waals surface area contributed by atoms with Crippen molar-refractivity contribution in [3.05, 3.63) is 12.7 Å². The fourth-order valence-electron chi connectivity index (χ4n) is 8.32. The lowest BCUT2D eigenvalue weighted by Crippen LogP contribution is -2.58. The van der Waals surface area contributed by atoms with E-state index >= 15 is 0 Å². The van der Waals surface area contributed by atoms with Gasteiger partial charge in [-0.15, -0.1) is 6.58 Å². The summed E-state index contributed by atoms with van der Waals surface area (Å²) in [5.41, 5.74) is 0.0876. The van der Waals surface area contributed by atoms with Gasteiger partial charge in [0, 0.05) is 12.5 Å². The summed E-state index contributed by atoms with van der Waals surface area (Å²) in [7, 11) is 1.84. The van der Waals surface area contributed by atoms with Crippen LogP contribution in [0.3, 0.4) is 0 Å². The second-order valence-electron chi connectivity index (χ2n) is 9.80. The average molecular weight is 361 g/mol. The summed E-state index contributed by atoms with van der Waals surface area (Å²) in [6, 6.07) is 0. The van der Waals surface area contributed by atoms with Crippen molar-refractivity contribution in [2.45, 2.75) is 70.8 Å². The molecule has 1 N–H and O–H groups in total. The normalized spacial score (nSPS) is 50.4. The number of Topliss-reactive ketones (excluding diaryl/α,β-unsaturated/α-hetero) is 1. The molecule has 0 amide bonds. The topological polar surface area (TPSA) is 46.5 Å². The minimum atomic E-state index is -0.141. The first-order valence-corrected chi connectivity index (χ1v) is 10.8. The molecule has 4 rings (SSSR count). The predicted molar refractivity (Wildman–Crippen MR) is 103 cm³/mol.